The number of benzene rings is 1. The van der Waals surface area contributed by atoms with Gasteiger partial charge in [-0.05, 0) is 24.6 Å². The lowest BCUT2D eigenvalue weighted by atomic mass is 10.0. The molecule has 0 radical (unpaired) electrons. The summed E-state index contributed by atoms with van der Waals surface area (Å²) < 4.78 is 42.5. The molecule has 0 atom stereocenters. The van der Waals surface area contributed by atoms with Gasteiger partial charge in [0.25, 0.3) is 0 Å². The van der Waals surface area contributed by atoms with Crippen LogP contribution < -0.4 is 10.5 Å². The molecule has 0 aliphatic carbocycles. The highest BCUT2D eigenvalue weighted by molar-refractivity contribution is 5.43. The molecule has 0 saturated heterocycles. The van der Waals surface area contributed by atoms with Crippen molar-refractivity contribution in [3.05, 3.63) is 28.8 Å². The molecule has 0 amide bonds. The van der Waals surface area contributed by atoms with Crippen molar-refractivity contribution < 1.29 is 17.9 Å². The predicted molar refractivity (Wildman–Crippen MR) is 50.6 cm³/mol. The van der Waals surface area contributed by atoms with Gasteiger partial charge >= 0.3 is 6.18 Å². The third-order valence-corrected chi connectivity index (χ3v) is 2.15. The molecule has 1 aromatic carbocycles. The Balaban J connectivity index is 3.32. The van der Waals surface area contributed by atoms with E-state index in [0.717, 1.165) is 6.07 Å². The average Bonchev–Trinajstić information content (AvgIpc) is 2.15. The molecule has 0 saturated carbocycles. The fourth-order valence-electron chi connectivity index (χ4n) is 1.38. The molecule has 0 heterocycles. The third kappa shape index (κ3) is 2.41. The van der Waals surface area contributed by atoms with Crippen LogP contribution in [0.15, 0.2) is 12.1 Å². The van der Waals surface area contributed by atoms with Crippen molar-refractivity contribution in [1.82, 2.24) is 0 Å². The molecule has 1 rings (SSSR count). The second-order valence-corrected chi connectivity index (χ2v) is 3.18. The monoisotopic (exact) mass is 219 g/mol. The zero-order valence-corrected chi connectivity index (χ0v) is 8.48. The van der Waals surface area contributed by atoms with Gasteiger partial charge < -0.3 is 10.5 Å². The van der Waals surface area contributed by atoms with E-state index in [4.69, 9.17) is 10.5 Å². The van der Waals surface area contributed by atoms with Gasteiger partial charge in [-0.2, -0.15) is 13.2 Å². The highest BCUT2D eigenvalue weighted by atomic mass is 19.4. The summed E-state index contributed by atoms with van der Waals surface area (Å²) in [5, 5.41) is 0. The van der Waals surface area contributed by atoms with Crippen LogP contribution in [-0.4, -0.2) is 7.11 Å². The second kappa shape index (κ2) is 4.10. The van der Waals surface area contributed by atoms with Crippen LogP contribution in [0.2, 0.25) is 0 Å². The number of halogens is 3. The molecule has 84 valence electrons. The van der Waals surface area contributed by atoms with E-state index in [0.29, 0.717) is 11.3 Å². The lowest BCUT2D eigenvalue weighted by Crippen LogP contribution is -2.10. The molecule has 15 heavy (non-hydrogen) atoms. The van der Waals surface area contributed by atoms with Crippen LogP contribution in [0.25, 0.3) is 0 Å². The Morgan fingerprint density at radius 2 is 1.93 bits per heavy atom. The topological polar surface area (TPSA) is 35.2 Å². The number of rotatable bonds is 2. The minimum atomic E-state index is -4.35. The van der Waals surface area contributed by atoms with E-state index in [1.54, 1.807) is 0 Å². The number of hydrogen-bond acceptors (Lipinski definition) is 2. The lowest BCUT2D eigenvalue weighted by Gasteiger charge is -2.14. The summed E-state index contributed by atoms with van der Waals surface area (Å²) in [6.45, 7) is 1.41. The zero-order valence-electron chi connectivity index (χ0n) is 8.48. The number of methoxy groups -OCH3 is 1. The Morgan fingerprint density at radius 1 is 1.33 bits per heavy atom. The van der Waals surface area contributed by atoms with Crippen LogP contribution in [0.1, 0.15) is 16.7 Å². The summed E-state index contributed by atoms with van der Waals surface area (Å²) >= 11 is 0. The number of nitrogens with two attached hydrogens (primary N) is 1. The van der Waals surface area contributed by atoms with E-state index < -0.39 is 11.7 Å². The fraction of sp³-hybridized carbons (Fsp3) is 0.400. The summed E-state index contributed by atoms with van der Waals surface area (Å²) in [5.74, 6) is 0.392. The molecule has 2 N–H and O–H groups in total. The van der Waals surface area contributed by atoms with Crippen LogP contribution in [0.4, 0.5) is 13.2 Å². The first-order chi connectivity index (χ1) is 6.90. The molecule has 5 heteroatoms. The van der Waals surface area contributed by atoms with Crippen molar-refractivity contribution in [3.8, 4) is 5.75 Å². The van der Waals surface area contributed by atoms with Gasteiger partial charge in [0.2, 0.25) is 0 Å². The first kappa shape index (κ1) is 11.8. The van der Waals surface area contributed by atoms with Crippen molar-refractivity contribution in [2.45, 2.75) is 19.6 Å². The van der Waals surface area contributed by atoms with E-state index >= 15 is 0 Å². The van der Waals surface area contributed by atoms with Crippen molar-refractivity contribution in [2.24, 2.45) is 5.73 Å². The van der Waals surface area contributed by atoms with Gasteiger partial charge in [-0.15, -0.1) is 0 Å². The minimum Gasteiger partial charge on any atom is -0.496 e. The zero-order chi connectivity index (χ0) is 11.6. The van der Waals surface area contributed by atoms with Gasteiger partial charge in [-0.25, -0.2) is 0 Å². The van der Waals surface area contributed by atoms with Crippen molar-refractivity contribution in [2.75, 3.05) is 7.11 Å². The van der Waals surface area contributed by atoms with Crippen molar-refractivity contribution in [3.63, 3.8) is 0 Å². The summed E-state index contributed by atoms with van der Waals surface area (Å²) in [6.07, 6.45) is -4.35. The SMILES string of the molecule is COc1cc(C)c(C(F)(F)F)cc1CN. The van der Waals surface area contributed by atoms with Crippen LogP contribution in [0.3, 0.4) is 0 Å². The van der Waals surface area contributed by atoms with Gasteiger partial charge in [0, 0.05) is 12.1 Å². The molecule has 2 nitrogen and oxygen atoms in total. The molecule has 0 spiro atoms. The standard InChI is InChI=1S/C10H12F3NO/c1-6-3-9(15-2)7(5-14)4-8(6)10(11,12)13/h3-4H,5,14H2,1-2H3. The van der Waals surface area contributed by atoms with Crippen molar-refractivity contribution >= 4 is 0 Å². The molecular formula is C10H12F3NO. The smallest absolute Gasteiger partial charge is 0.416 e. The van der Waals surface area contributed by atoms with Gasteiger partial charge in [-0.3, -0.25) is 0 Å². The predicted octanol–water partition coefficient (Wildman–Crippen LogP) is 2.48. The van der Waals surface area contributed by atoms with Crippen LogP contribution in [0.5, 0.6) is 5.75 Å². The number of aryl methyl sites for hydroxylation is 1. The Bertz CT molecular complexity index is 360. The number of hydrogen-bond donors (Lipinski definition) is 1. The largest absolute Gasteiger partial charge is 0.496 e. The molecule has 0 aromatic heterocycles. The minimum absolute atomic E-state index is 0.0204. The fourth-order valence-corrected chi connectivity index (χ4v) is 1.38. The second-order valence-electron chi connectivity index (χ2n) is 3.18. The van der Waals surface area contributed by atoms with Gasteiger partial charge in [-0.1, -0.05) is 0 Å². The average molecular weight is 219 g/mol. The molecule has 0 aliphatic heterocycles. The Labute approximate surface area is 85.8 Å². The summed E-state index contributed by atoms with van der Waals surface area (Å²) in [7, 11) is 1.40. The third-order valence-electron chi connectivity index (χ3n) is 2.15. The maximum Gasteiger partial charge on any atom is 0.416 e. The van der Waals surface area contributed by atoms with Crippen molar-refractivity contribution in [1.29, 1.82) is 0 Å². The molecule has 0 unspecified atom stereocenters. The first-order valence-corrected chi connectivity index (χ1v) is 4.35. The molecule has 0 fully saturated rings. The summed E-state index contributed by atoms with van der Waals surface area (Å²) in [6, 6.07) is 2.39. The quantitative estimate of drug-likeness (QED) is 0.829. The van der Waals surface area contributed by atoms with Crippen LogP contribution in [0, 0.1) is 6.92 Å². The lowest BCUT2D eigenvalue weighted by molar-refractivity contribution is -0.138. The normalized spacial score (nSPS) is 11.6. The van der Waals surface area contributed by atoms with E-state index in [2.05, 4.69) is 0 Å². The van der Waals surface area contributed by atoms with E-state index in [-0.39, 0.29) is 12.1 Å². The highest BCUT2D eigenvalue weighted by Crippen LogP contribution is 2.35. The molecule has 1 aromatic rings. The molecule has 0 aliphatic rings. The Hall–Kier alpha value is -1.23. The maximum absolute atomic E-state index is 12.5. The number of ether oxygens (including phenoxy) is 1. The summed E-state index contributed by atoms with van der Waals surface area (Å²) in [4.78, 5) is 0. The van der Waals surface area contributed by atoms with Gasteiger partial charge in [0.1, 0.15) is 5.75 Å². The van der Waals surface area contributed by atoms with E-state index in [9.17, 15) is 13.2 Å². The Kier molecular flexibility index (Phi) is 3.24. The van der Waals surface area contributed by atoms with Crippen LogP contribution in [-0.2, 0) is 12.7 Å². The van der Waals surface area contributed by atoms with Crippen LogP contribution >= 0.6 is 0 Å². The highest BCUT2D eigenvalue weighted by Gasteiger charge is 2.33. The maximum atomic E-state index is 12.5. The summed E-state index contributed by atoms with van der Waals surface area (Å²) in [5.41, 5.74) is 5.17. The molecular weight excluding hydrogens is 207 g/mol. The van der Waals surface area contributed by atoms with E-state index in [1.165, 1.54) is 20.1 Å². The number of alkyl halides is 3. The van der Waals surface area contributed by atoms with E-state index in [1.807, 2.05) is 0 Å². The van der Waals surface area contributed by atoms with Gasteiger partial charge in [0.15, 0.2) is 0 Å². The van der Waals surface area contributed by atoms with Gasteiger partial charge in [0.05, 0.1) is 12.7 Å². The Morgan fingerprint density at radius 3 is 2.33 bits per heavy atom. The molecule has 0 bridgehead atoms. The first-order valence-electron chi connectivity index (χ1n) is 4.35.